The summed E-state index contributed by atoms with van der Waals surface area (Å²) in [5, 5.41) is 3.11. The highest BCUT2D eigenvalue weighted by atomic mass is 32.2. The monoisotopic (exact) mass is 476 g/mol. The van der Waals surface area contributed by atoms with E-state index >= 15 is 0 Å². The van der Waals surface area contributed by atoms with Crippen LogP contribution < -0.4 is 5.32 Å². The quantitative estimate of drug-likeness (QED) is 0.522. The molecule has 0 aliphatic heterocycles. The van der Waals surface area contributed by atoms with E-state index in [1.165, 1.54) is 9.87 Å². The van der Waals surface area contributed by atoms with Gasteiger partial charge >= 0.3 is 0 Å². The van der Waals surface area contributed by atoms with Gasteiger partial charge in [0.1, 0.15) is 0 Å². The molecule has 1 amide bonds. The van der Waals surface area contributed by atoms with Crippen molar-refractivity contribution < 1.29 is 13.2 Å². The summed E-state index contributed by atoms with van der Waals surface area (Å²) in [6.45, 7) is 5.47. The Morgan fingerprint density at radius 2 is 1.62 bits per heavy atom. The van der Waals surface area contributed by atoms with E-state index in [1.54, 1.807) is 0 Å². The average Bonchev–Trinajstić information content (AvgIpc) is 2.79. The van der Waals surface area contributed by atoms with E-state index in [0.29, 0.717) is 11.1 Å². The van der Waals surface area contributed by atoms with Gasteiger partial charge in [0.2, 0.25) is 15.9 Å². The number of nitrogens with one attached hydrogen (secondary N) is 1. The van der Waals surface area contributed by atoms with E-state index < -0.39 is 10.0 Å². The maximum Gasteiger partial charge on any atom is 0.244 e. The van der Waals surface area contributed by atoms with Crippen molar-refractivity contribution in [2.24, 2.45) is 0 Å². The van der Waals surface area contributed by atoms with Crippen LogP contribution in [0.3, 0.4) is 0 Å². The molecular formula is C28H32N2O3S. The number of rotatable bonds is 7. The van der Waals surface area contributed by atoms with Gasteiger partial charge in [-0.05, 0) is 67.9 Å². The molecule has 0 spiro atoms. The molecular weight excluding hydrogens is 444 g/mol. The maximum absolute atomic E-state index is 13.9. The number of nitrogens with zero attached hydrogens (tertiary/aromatic N) is 1. The van der Waals surface area contributed by atoms with Crippen LogP contribution in [0.4, 0.5) is 0 Å². The van der Waals surface area contributed by atoms with Gasteiger partial charge in [-0.25, -0.2) is 8.42 Å². The number of hydrogen-bond donors (Lipinski definition) is 1. The Balaban J connectivity index is 1.63. The number of aryl methyl sites for hydroxylation is 4. The maximum atomic E-state index is 13.9. The Morgan fingerprint density at radius 1 is 0.971 bits per heavy atom. The standard InChI is InChI=1S/C28H32N2O3S/c1-20-16-21(2)28(22(3)17-20)34(32,33)30(18-23-10-5-4-6-11-23)19-27(31)29-26-15-9-13-24-12-7-8-14-25(24)26/h4-8,10-12,14,16-17,26H,9,13,15,18-19H2,1-3H3,(H,29,31)/t26-/m1/s1. The molecule has 178 valence electrons. The number of amides is 1. The molecule has 0 heterocycles. The Morgan fingerprint density at radius 3 is 2.32 bits per heavy atom. The number of carbonyl (C=O) groups excluding carboxylic acids is 1. The number of hydrogen-bond acceptors (Lipinski definition) is 3. The molecule has 1 atom stereocenters. The summed E-state index contributed by atoms with van der Waals surface area (Å²) in [5.74, 6) is -0.288. The molecule has 3 aromatic rings. The van der Waals surface area contributed by atoms with Crippen LogP contribution in [0.2, 0.25) is 0 Å². The summed E-state index contributed by atoms with van der Waals surface area (Å²) in [4.78, 5) is 13.5. The van der Waals surface area contributed by atoms with Gasteiger partial charge in [0.15, 0.2) is 0 Å². The lowest BCUT2D eigenvalue weighted by molar-refractivity contribution is -0.122. The zero-order valence-corrected chi connectivity index (χ0v) is 20.9. The summed E-state index contributed by atoms with van der Waals surface area (Å²) in [7, 11) is -3.90. The minimum atomic E-state index is -3.90. The van der Waals surface area contributed by atoms with Crippen molar-refractivity contribution in [3.8, 4) is 0 Å². The molecule has 1 aliphatic carbocycles. The highest BCUT2D eigenvalue weighted by Crippen LogP contribution is 2.30. The first kappa shape index (κ1) is 24.2. The van der Waals surface area contributed by atoms with E-state index in [-0.39, 0.29) is 29.9 Å². The molecule has 0 fully saturated rings. The first-order valence-electron chi connectivity index (χ1n) is 11.7. The van der Waals surface area contributed by atoms with Gasteiger partial charge in [-0.3, -0.25) is 4.79 Å². The molecule has 1 aliphatic rings. The molecule has 0 saturated heterocycles. The van der Waals surface area contributed by atoms with Crippen LogP contribution in [0.5, 0.6) is 0 Å². The summed E-state index contributed by atoms with van der Waals surface area (Å²) in [6, 6.07) is 21.2. The van der Waals surface area contributed by atoms with Crippen molar-refractivity contribution in [1.29, 1.82) is 0 Å². The third-order valence-electron chi connectivity index (χ3n) is 6.43. The zero-order valence-electron chi connectivity index (χ0n) is 20.0. The summed E-state index contributed by atoms with van der Waals surface area (Å²) in [6.07, 6.45) is 2.85. The lowest BCUT2D eigenvalue weighted by Crippen LogP contribution is -2.42. The van der Waals surface area contributed by atoms with Crippen LogP contribution in [0.1, 0.15) is 52.3 Å². The van der Waals surface area contributed by atoms with E-state index in [9.17, 15) is 13.2 Å². The molecule has 1 N–H and O–H groups in total. The van der Waals surface area contributed by atoms with Gasteiger partial charge < -0.3 is 5.32 Å². The minimum Gasteiger partial charge on any atom is -0.348 e. The molecule has 0 aromatic heterocycles. The van der Waals surface area contributed by atoms with Crippen molar-refractivity contribution in [3.05, 3.63) is 100 Å². The lowest BCUT2D eigenvalue weighted by Gasteiger charge is -2.28. The molecule has 0 saturated carbocycles. The third-order valence-corrected chi connectivity index (χ3v) is 8.53. The predicted molar refractivity (Wildman–Crippen MR) is 135 cm³/mol. The van der Waals surface area contributed by atoms with Crippen LogP contribution in [-0.4, -0.2) is 25.2 Å². The fourth-order valence-electron chi connectivity index (χ4n) is 5.02. The summed E-state index contributed by atoms with van der Waals surface area (Å²) < 4.78 is 29.0. The largest absolute Gasteiger partial charge is 0.348 e. The van der Waals surface area contributed by atoms with Crippen molar-refractivity contribution >= 4 is 15.9 Å². The summed E-state index contributed by atoms with van der Waals surface area (Å²) >= 11 is 0. The molecule has 5 nitrogen and oxygen atoms in total. The van der Waals surface area contributed by atoms with E-state index in [4.69, 9.17) is 0 Å². The van der Waals surface area contributed by atoms with Crippen molar-refractivity contribution in [2.75, 3.05) is 6.54 Å². The van der Waals surface area contributed by atoms with Gasteiger partial charge in [-0.2, -0.15) is 4.31 Å². The predicted octanol–water partition coefficient (Wildman–Crippen LogP) is 5.00. The number of benzene rings is 3. The second-order valence-electron chi connectivity index (χ2n) is 9.20. The molecule has 0 bridgehead atoms. The molecule has 0 radical (unpaired) electrons. The SMILES string of the molecule is Cc1cc(C)c(S(=O)(=O)N(CC(=O)N[C@@H]2CCCc3ccccc32)Cc2ccccc2)c(C)c1. The van der Waals surface area contributed by atoms with Crippen LogP contribution in [0.15, 0.2) is 71.6 Å². The third kappa shape index (κ3) is 5.24. The number of sulfonamides is 1. The average molecular weight is 477 g/mol. The number of fused-ring (bicyclic) bond motifs is 1. The van der Waals surface area contributed by atoms with Crippen LogP contribution in [-0.2, 0) is 27.8 Å². The highest BCUT2D eigenvalue weighted by Gasteiger charge is 2.31. The first-order chi connectivity index (χ1) is 16.3. The second-order valence-corrected chi connectivity index (χ2v) is 11.1. The van der Waals surface area contributed by atoms with Gasteiger partial charge in [0, 0.05) is 6.54 Å². The van der Waals surface area contributed by atoms with Gasteiger partial charge in [-0.15, -0.1) is 0 Å². The normalized spacial score (nSPS) is 15.7. The summed E-state index contributed by atoms with van der Waals surface area (Å²) in [5.41, 5.74) is 5.61. The van der Waals surface area contributed by atoms with E-state index in [2.05, 4.69) is 17.4 Å². The molecule has 34 heavy (non-hydrogen) atoms. The fraction of sp³-hybridized carbons (Fsp3) is 0.321. The molecule has 6 heteroatoms. The lowest BCUT2D eigenvalue weighted by atomic mass is 9.88. The van der Waals surface area contributed by atoms with Gasteiger partial charge in [-0.1, -0.05) is 72.3 Å². The van der Waals surface area contributed by atoms with Crippen LogP contribution in [0.25, 0.3) is 0 Å². The van der Waals surface area contributed by atoms with Crippen molar-refractivity contribution in [3.63, 3.8) is 0 Å². The molecule has 4 rings (SSSR count). The van der Waals surface area contributed by atoms with Crippen LogP contribution in [0, 0.1) is 20.8 Å². The van der Waals surface area contributed by atoms with Gasteiger partial charge in [0.25, 0.3) is 0 Å². The van der Waals surface area contributed by atoms with E-state index in [0.717, 1.165) is 36.0 Å². The minimum absolute atomic E-state index is 0.0958. The van der Waals surface area contributed by atoms with Gasteiger partial charge in [0.05, 0.1) is 17.5 Å². The smallest absolute Gasteiger partial charge is 0.244 e. The first-order valence-corrected chi connectivity index (χ1v) is 13.2. The van der Waals surface area contributed by atoms with Crippen molar-refractivity contribution in [2.45, 2.75) is 57.5 Å². The Kier molecular flexibility index (Phi) is 7.19. The zero-order chi connectivity index (χ0) is 24.3. The van der Waals surface area contributed by atoms with Crippen LogP contribution >= 0.6 is 0 Å². The number of carbonyl (C=O) groups is 1. The van der Waals surface area contributed by atoms with E-state index in [1.807, 2.05) is 75.4 Å². The Labute approximate surface area is 202 Å². The topological polar surface area (TPSA) is 66.5 Å². The van der Waals surface area contributed by atoms with Crippen molar-refractivity contribution in [1.82, 2.24) is 9.62 Å². The molecule has 0 unspecified atom stereocenters. The fourth-order valence-corrected chi connectivity index (χ4v) is 6.82. The Bertz CT molecular complexity index is 1260. The molecule has 3 aromatic carbocycles. The highest BCUT2D eigenvalue weighted by molar-refractivity contribution is 7.89. The second kappa shape index (κ2) is 10.1. The Hall–Kier alpha value is -2.96.